The number of aromatic nitrogens is 2. The zero-order valence-corrected chi connectivity index (χ0v) is 13.5. The Hall–Kier alpha value is -2.35. The fourth-order valence-corrected chi connectivity index (χ4v) is 4.32. The Morgan fingerprint density at radius 1 is 1.35 bits per heavy atom. The minimum absolute atomic E-state index is 0.0384. The molecule has 1 atom stereocenters. The fourth-order valence-electron chi connectivity index (χ4n) is 2.69. The van der Waals surface area contributed by atoms with Gasteiger partial charge in [0.05, 0.1) is 28.9 Å². The number of sulfone groups is 1. The lowest BCUT2D eigenvalue weighted by Crippen LogP contribution is -2.40. The van der Waals surface area contributed by atoms with Crippen LogP contribution in [-0.4, -0.2) is 30.0 Å². The van der Waals surface area contributed by atoms with Crippen molar-refractivity contribution in [2.45, 2.75) is 23.9 Å². The summed E-state index contributed by atoms with van der Waals surface area (Å²) in [5.41, 5.74) is 1.53. The predicted octanol–water partition coefficient (Wildman–Crippen LogP) is 1.14. The summed E-state index contributed by atoms with van der Waals surface area (Å²) >= 11 is 0. The number of nitrogens with one attached hydrogen (secondary N) is 2. The van der Waals surface area contributed by atoms with Crippen molar-refractivity contribution in [1.29, 1.82) is 0 Å². The van der Waals surface area contributed by atoms with E-state index in [1.165, 1.54) is 0 Å². The van der Waals surface area contributed by atoms with Gasteiger partial charge in [-0.15, -0.1) is 0 Å². The molecule has 0 aliphatic carbocycles. The number of urea groups is 1. The van der Waals surface area contributed by atoms with Crippen LogP contribution in [0.25, 0.3) is 0 Å². The highest BCUT2D eigenvalue weighted by atomic mass is 32.2. The first kappa shape index (κ1) is 15.5. The van der Waals surface area contributed by atoms with Crippen molar-refractivity contribution in [2.24, 2.45) is 7.05 Å². The van der Waals surface area contributed by atoms with Crippen LogP contribution in [0, 0.1) is 0 Å². The molecule has 8 heteroatoms. The molecule has 2 amide bonds. The largest absolute Gasteiger partial charge is 0.333 e. The van der Waals surface area contributed by atoms with E-state index in [4.69, 9.17) is 0 Å². The summed E-state index contributed by atoms with van der Waals surface area (Å²) in [6, 6.07) is 8.00. The van der Waals surface area contributed by atoms with E-state index in [9.17, 15) is 13.2 Å². The molecular weight excluding hydrogens is 316 g/mol. The number of aryl methyl sites for hydroxylation is 1. The van der Waals surface area contributed by atoms with Gasteiger partial charge in [-0.25, -0.2) is 13.2 Å². The van der Waals surface area contributed by atoms with Gasteiger partial charge in [-0.3, -0.25) is 4.68 Å². The van der Waals surface area contributed by atoms with Crippen LogP contribution in [0.4, 0.5) is 4.79 Å². The number of fused-ring (bicyclic) bond motifs is 1. The van der Waals surface area contributed by atoms with Crippen LogP contribution in [0.5, 0.6) is 0 Å². The summed E-state index contributed by atoms with van der Waals surface area (Å²) in [5, 5.41) is 9.65. The molecule has 1 unspecified atom stereocenters. The van der Waals surface area contributed by atoms with Crippen LogP contribution >= 0.6 is 0 Å². The third-order valence-corrected chi connectivity index (χ3v) is 5.78. The molecule has 0 spiro atoms. The topological polar surface area (TPSA) is 93.1 Å². The molecular formula is C15H18N4O3S. The lowest BCUT2D eigenvalue weighted by Gasteiger charge is -2.26. The van der Waals surface area contributed by atoms with Crippen molar-refractivity contribution in [2.75, 3.05) is 5.75 Å². The molecule has 7 nitrogen and oxygen atoms in total. The van der Waals surface area contributed by atoms with Crippen molar-refractivity contribution in [3.63, 3.8) is 0 Å². The minimum Gasteiger partial charge on any atom is -0.333 e. The Balaban J connectivity index is 1.69. The fraction of sp³-hybridized carbons (Fsp3) is 0.333. The second kappa shape index (κ2) is 6.04. The van der Waals surface area contributed by atoms with Crippen LogP contribution < -0.4 is 10.6 Å². The molecule has 1 aliphatic heterocycles. The van der Waals surface area contributed by atoms with Gasteiger partial charge in [-0.2, -0.15) is 5.10 Å². The number of carbonyl (C=O) groups excluding carboxylic acids is 1. The van der Waals surface area contributed by atoms with Crippen molar-refractivity contribution < 1.29 is 13.2 Å². The van der Waals surface area contributed by atoms with E-state index in [1.807, 2.05) is 6.07 Å². The Kier molecular flexibility index (Phi) is 4.08. The molecule has 2 aromatic rings. The zero-order chi connectivity index (χ0) is 16.4. The van der Waals surface area contributed by atoms with Gasteiger partial charge in [0.25, 0.3) is 0 Å². The highest BCUT2D eigenvalue weighted by Crippen LogP contribution is 2.31. The van der Waals surface area contributed by atoms with Crippen molar-refractivity contribution in [3.05, 3.63) is 47.8 Å². The molecule has 122 valence electrons. The summed E-state index contributed by atoms with van der Waals surface area (Å²) < 4.78 is 25.9. The quantitative estimate of drug-likeness (QED) is 0.880. The molecule has 1 aliphatic rings. The normalized spacial score (nSPS) is 18.9. The maximum Gasteiger partial charge on any atom is 0.315 e. The monoisotopic (exact) mass is 334 g/mol. The molecule has 2 heterocycles. The summed E-state index contributed by atoms with van der Waals surface area (Å²) in [6.45, 7) is 0.356. The van der Waals surface area contributed by atoms with Gasteiger partial charge in [0, 0.05) is 13.2 Å². The SMILES string of the molecule is Cn1nccc1CNC(=O)NC1CCS(=O)(=O)c2ccccc21. The van der Waals surface area contributed by atoms with Crippen LogP contribution in [0.1, 0.15) is 23.7 Å². The highest BCUT2D eigenvalue weighted by Gasteiger charge is 2.30. The van der Waals surface area contributed by atoms with Crippen molar-refractivity contribution >= 4 is 15.9 Å². The molecule has 0 saturated carbocycles. The maximum atomic E-state index is 12.1. The summed E-state index contributed by atoms with van der Waals surface area (Å²) in [6.07, 6.45) is 2.04. The first-order valence-electron chi connectivity index (χ1n) is 7.30. The molecule has 1 aromatic heterocycles. The predicted molar refractivity (Wildman–Crippen MR) is 84.4 cm³/mol. The Morgan fingerprint density at radius 2 is 2.13 bits per heavy atom. The molecule has 1 aromatic carbocycles. The third-order valence-electron chi connectivity index (χ3n) is 3.96. The first-order chi connectivity index (χ1) is 11.0. The zero-order valence-electron chi connectivity index (χ0n) is 12.7. The number of carbonyl (C=O) groups is 1. The molecule has 2 N–H and O–H groups in total. The third kappa shape index (κ3) is 3.21. The van der Waals surface area contributed by atoms with E-state index in [0.717, 1.165) is 5.69 Å². The van der Waals surface area contributed by atoms with E-state index < -0.39 is 9.84 Å². The van der Waals surface area contributed by atoms with Crippen LogP contribution in [0.2, 0.25) is 0 Å². The van der Waals surface area contributed by atoms with Crippen molar-refractivity contribution in [1.82, 2.24) is 20.4 Å². The van der Waals surface area contributed by atoms with Gasteiger partial charge < -0.3 is 10.6 Å². The number of hydrogen-bond acceptors (Lipinski definition) is 4. The lowest BCUT2D eigenvalue weighted by molar-refractivity contribution is 0.235. The second-order valence-electron chi connectivity index (χ2n) is 5.47. The van der Waals surface area contributed by atoms with E-state index >= 15 is 0 Å². The van der Waals surface area contributed by atoms with Gasteiger partial charge in [-0.1, -0.05) is 18.2 Å². The van der Waals surface area contributed by atoms with E-state index in [1.54, 1.807) is 42.2 Å². The smallest absolute Gasteiger partial charge is 0.315 e. The second-order valence-corrected chi connectivity index (χ2v) is 7.55. The van der Waals surface area contributed by atoms with E-state index in [0.29, 0.717) is 23.4 Å². The van der Waals surface area contributed by atoms with Gasteiger partial charge in [0.15, 0.2) is 9.84 Å². The van der Waals surface area contributed by atoms with Gasteiger partial charge in [0.1, 0.15) is 0 Å². The molecule has 23 heavy (non-hydrogen) atoms. The first-order valence-corrected chi connectivity index (χ1v) is 8.95. The van der Waals surface area contributed by atoms with E-state index in [2.05, 4.69) is 15.7 Å². The average Bonchev–Trinajstić information content (AvgIpc) is 2.94. The Bertz CT molecular complexity index is 829. The number of amides is 2. The summed E-state index contributed by atoms with van der Waals surface area (Å²) in [5.74, 6) is 0.0384. The number of hydrogen-bond donors (Lipinski definition) is 2. The minimum atomic E-state index is -3.25. The summed E-state index contributed by atoms with van der Waals surface area (Å²) in [4.78, 5) is 12.4. The highest BCUT2D eigenvalue weighted by molar-refractivity contribution is 7.91. The number of rotatable bonds is 3. The average molecular weight is 334 g/mol. The number of benzene rings is 1. The van der Waals surface area contributed by atoms with Crippen LogP contribution in [0.15, 0.2) is 41.4 Å². The maximum absolute atomic E-state index is 12.1. The van der Waals surface area contributed by atoms with Gasteiger partial charge in [-0.05, 0) is 24.1 Å². The van der Waals surface area contributed by atoms with E-state index in [-0.39, 0.29) is 17.8 Å². The Morgan fingerprint density at radius 3 is 2.87 bits per heavy atom. The lowest BCUT2D eigenvalue weighted by atomic mass is 10.0. The molecule has 3 rings (SSSR count). The summed E-state index contributed by atoms with van der Waals surface area (Å²) in [7, 11) is -1.44. The van der Waals surface area contributed by atoms with Crippen LogP contribution in [-0.2, 0) is 23.4 Å². The number of nitrogens with zero attached hydrogens (tertiary/aromatic N) is 2. The molecule has 0 bridgehead atoms. The molecule has 0 radical (unpaired) electrons. The Labute approximate surface area is 134 Å². The van der Waals surface area contributed by atoms with Crippen LogP contribution in [0.3, 0.4) is 0 Å². The standard InChI is InChI=1S/C15H18N4O3S/c1-19-11(6-8-17-19)10-16-15(20)18-13-7-9-23(21,22)14-5-3-2-4-12(13)14/h2-6,8,13H,7,9-10H2,1H3,(H2,16,18,20). The molecule has 0 saturated heterocycles. The van der Waals surface area contributed by atoms with Gasteiger partial charge >= 0.3 is 6.03 Å². The van der Waals surface area contributed by atoms with Gasteiger partial charge in [0.2, 0.25) is 0 Å². The van der Waals surface area contributed by atoms with Crippen molar-refractivity contribution in [3.8, 4) is 0 Å². The molecule has 0 fully saturated rings.